The van der Waals surface area contributed by atoms with Crippen LogP contribution in [-0.4, -0.2) is 58.3 Å². The highest BCUT2D eigenvalue weighted by molar-refractivity contribution is 7.89. The lowest BCUT2D eigenvalue weighted by atomic mass is 10.0. The van der Waals surface area contributed by atoms with Crippen molar-refractivity contribution in [2.45, 2.75) is 25.8 Å². The van der Waals surface area contributed by atoms with Crippen LogP contribution in [0.1, 0.15) is 30.1 Å². The number of carbonyl (C=O) groups excluding carboxylic acids is 1. The number of rotatable bonds is 6. The molecule has 0 unspecified atom stereocenters. The van der Waals surface area contributed by atoms with E-state index >= 15 is 0 Å². The summed E-state index contributed by atoms with van der Waals surface area (Å²) in [5.74, 6) is 0.826. The Balaban J connectivity index is 2.09. The Kier molecular flexibility index (Phi) is 6.06. The van der Waals surface area contributed by atoms with Crippen LogP contribution in [0.2, 0.25) is 0 Å². The Bertz CT molecular complexity index is 659. The number of piperidine rings is 1. The molecule has 1 aromatic carbocycles. The number of hydrogen-bond acceptors (Lipinski definition) is 5. The molecular formula is C16H24N2O5S. The molecule has 1 heterocycles. The standard InChI is InChI=1S/C16H24N2O5S/c1-4-24(20,21)17-12-8-10-18(11-9-12)16(19)15-13(22-2)6-5-7-14(15)23-3/h5-7,12,17H,4,8-11H2,1-3H3. The molecule has 0 aromatic heterocycles. The van der Waals surface area contributed by atoms with E-state index in [1.54, 1.807) is 30.0 Å². The van der Waals surface area contributed by atoms with Crippen molar-refractivity contribution in [1.82, 2.24) is 9.62 Å². The van der Waals surface area contributed by atoms with Crippen molar-refractivity contribution in [2.75, 3.05) is 33.1 Å². The average Bonchev–Trinajstić information content (AvgIpc) is 2.60. The monoisotopic (exact) mass is 356 g/mol. The van der Waals surface area contributed by atoms with E-state index in [0.717, 1.165) is 0 Å². The molecule has 0 bridgehead atoms. The van der Waals surface area contributed by atoms with E-state index in [2.05, 4.69) is 4.72 Å². The van der Waals surface area contributed by atoms with Gasteiger partial charge >= 0.3 is 0 Å². The Morgan fingerprint density at radius 3 is 2.21 bits per heavy atom. The minimum atomic E-state index is -3.22. The van der Waals surface area contributed by atoms with Gasteiger partial charge in [0, 0.05) is 19.1 Å². The molecule has 24 heavy (non-hydrogen) atoms. The summed E-state index contributed by atoms with van der Waals surface area (Å²) in [4.78, 5) is 14.5. The van der Waals surface area contributed by atoms with Crippen molar-refractivity contribution in [2.24, 2.45) is 0 Å². The number of benzene rings is 1. The van der Waals surface area contributed by atoms with Gasteiger partial charge in [-0.2, -0.15) is 0 Å². The number of ether oxygens (including phenoxy) is 2. The van der Waals surface area contributed by atoms with Gasteiger partial charge in [0.05, 0.1) is 20.0 Å². The van der Waals surface area contributed by atoms with E-state index in [1.165, 1.54) is 14.2 Å². The minimum absolute atomic E-state index is 0.0601. The SMILES string of the molecule is CCS(=O)(=O)NC1CCN(C(=O)c2c(OC)cccc2OC)CC1. The average molecular weight is 356 g/mol. The van der Waals surface area contributed by atoms with E-state index < -0.39 is 10.0 Å². The predicted octanol–water partition coefficient (Wildman–Crippen LogP) is 1.25. The molecule has 8 heteroatoms. The fraction of sp³-hybridized carbons (Fsp3) is 0.562. The van der Waals surface area contributed by atoms with Crippen molar-refractivity contribution in [3.63, 3.8) is 0 Å². The van der Waals surface area contributed by atoms with Gasteiger partial charge in [-0.15, -0.1) is 0 Å². The molecule has 1 aliphatic heterocycles. The van der Waals surface area contributed by atoms with E-state index in [-0.39, 0.29) is 17.7 Å². The molecule has 1 fully saturated rings. The second-order valence-corrected chi connectivity index (χ2v) is 7.67. The van der Waals surface area contributed by atoms with Crippen LogP contribution in [0.4, 0.5) is 0 Å². The number of carbonyl (C=O) groups is 1. The quantitative estimate of drug-likeness (QED) is 0.829. The molecule has 7 nitrogen and oxygen atoms in total. The molecule has 0 aliphatic carbocycles. The highest BCUT2D eigenvalue weighted by atomic mass is 32.2. The van der Waals surface area contributed by atoms with Crippen LogP contribution in [0.15, 0.2) is 18.2 Å². The van der Waals surface area contributed by atoms with E-state index in [4.69, 9.17) is 9.47 Å². The lowest BCUT2D eigenvalue weighted by molar-refractivity contribution is 0.0704. The molecule has 0 saturated carbocycles. The second kappa shape index (κ2) is 7.85. The molecule has 1 aromatic rings. The lowest BCUT2D eigenvalue weighted by Gasteiger charge is -2.32. The summed E-state index contributed by atoms with van der Waals surface area (Å²) >= 11 is 0. The highest BCUT2D eigenvalue weighted by Gasteiger charge is 2.29. The Morgan fingerprint density at radius 2 is 1.75 bits per heavy atom. The molecule has 1 N–H and O–H groups in total. The highest BCUT2D eigenvalue weighted by Crippen LogP contribution is 2.30. The molecule has 0 atom stereocenters. The molecule has 1 amide bonds. The molecule has 1 saturated heterocycles. The third-order valence-corrected chi connectivity index (χ3v) is 5.60. The number of nitrogens with zero attached hydrogens (tertiary/aromatic N) is 1. The first-order valence-corrected chi connectivity index (χ1v) is 9.57. The molecule has 134 valence electrons. The topological polar surface area (TPSA) is 84.9 Å². The second-order valence-electron chi connectivity index (χ2n) is 5.63. The lowest BCUT2D eigenvalue weighted by Crippen LogP contribution is -2.46. The summed E-state index contributed by atoms with van der Waals surface area (Å²) in [5, 5.41) is 0. The van der Waals surface area contributed by atoms with Crippen molar-refractivity contribution in [3.8, 4) is 11.5 Å². The summed E-state index contributed by atoms with van der Waals surface area (Å²) < 4.78 is 36.5. The Morgan fingerprint density at radius 1 is 1.21 bits per heavy atom. The van der Waals surface area contributed by atoms with E-state index in [0.29, 0.717) is 43.0 Å². The van der Waals surface area contributed by atoms with Crippen LogP contribution >= 0.6 is 0 Å². The van der Waals surface area contributed by atoms with Gasteiger partial charge < -0.3 is 14.4 Å². The maximum Gasteiger partial charge on any atom is 0.261 e. The molecule has 1 aliphatic rings. The summed E-state index contributed by atoms with van der Waals surface area (Å²) in [6.45, 7) is 2.57. The molecular weight excluding hydrogens is 332 g/mol. The summed E-state index contributed by atoms with van der Waals surface area (Å²) in [7, 11) is -0.201. The summed E-state index contributed by atoms with van der Waals surface area (Å²) in [6, 6.07) is 5.08. The zero-order valence-electron chi connectivity index (χ0n) is 14.2. The summed E-state index contributed by atoms with van der Waals surface area (Å²) in [5.41, 5.74) is 0.398. The third kappa shape index (κ3) is 4.18. The summed E-state index contributed by atoms with van der Waals surface area (Å²) in [6.07, 6.45) is 1.17. The molecule has 0 spiro atoms. The number of likely N-dealkylation sites (tertiary alicyclic amines) is 1. The Labute approximate surface area is 143 Å². The van der Waals surface area contributed by atoms with Gasteiger partial charge in [0.15, 0.2) is 0 Å². The van der Waals surface area contributed by atoms with Crippen molar-refractivity contribution < 1.29 is 22.7 Å². The number of amides is 1. The zero-order chi connectivity index (χ0) is 17.7. The molecule has 2 rings (SSSR count). The van der Waals surface area contributed by atoms with Gasteiger partial charge in [-0.25, -0.2) is 13.1 Å². The van der Waals surface area contributed by atoms with Crippen molar-refractivity contribution in [3.05, 3.63) is 23.8 Å². The fourth-order valence-electron chi connectivity index (χ4n) is 2.76. The van der Waals surface area contributed by atoms with E-state index in [9.17, 15) is 13.2 Å². The first-order chi connectivity index (χ1) is 11.4. The largest absolute Gasteiger partial charge is 0.496 e. The van der Waals surface area contributed by atoms with Crippen molar-refractivity contribution >= 4 is 15.9 Å². The van der Waals surface area contributed by atoms with E-state index in [1.807, 2.05) is 0 Å². The third-order valence-electron chi connectivity index (χ3n) is 4.15. The number of nitrogens with one attached hydrogen (secondary N) is 1. The van der Waals surface area contributed by atoms with Gasteiger partial charge in [-0.3, -0.25) is 4.79 Å². The van der Waals surface area contributed by atoms with Crippen LogP contribution in [0.3, 0.4) is 0 Å². The first kappa shape index (κ1) is 18.5. The fourth-order valence-corrected chi connectivity index (χ4v) is 3.67. The van der Waals surface area contributed by atoms with Gasteiger partial charge in [0.2, 0.25) is 10.0 Å². The van der Waals surface area contributed by atoms with Crippen LogP contribution in [0.5, 0.6) is 11.5 Å². The number of hydrogen-bond donors (Lipinski definition) is 1. The predicted molar refractivity (Wildman–Crippen MR) is 91.1 cm³/mol. The maximum atomic E-state index is 12.8. The van der Waals surface area contributed by atoms with Gasteiger partial charge in [0.1, 0.15) is 17.1 Å². The molecule has 0 radical (unpaired) electrons. The van der Waals surface area contributed by atoms with Crippen LogP contribution in [-0.2, 0) is 10.0 Å². The zero-order valence-corrected chi connectivity index (χ0v) is 15.1. The van der Waals surface area contributed by atoms with Gasteiger partial charge in [-0.05, 0) is 31.9 Å². The first-order valence-electron chi connectivity index (χ1n) is 7.92. The Hall–Kier alpha value is -1.80. The van der Waals surface area contributed by atoms with Crippen LogP contribution in [0, 0.1) is 0 Å². The minimum Gasteiger partial charge on any atom is -0.496 e. The van der Waals surface area contributed by atoms with Crippen LogP contribution < -0.4 is 14.2 Å². The van der Waals surface area contributed by atoms with Crippen LogP contribution in [0.25, 0.3) is 0 Å². The number of sulfonamides is 1. The number of methoxy groups -OCH3 is 2. The van der Waals surface area contributed by atoms with Gasteiger partial charge in [-0.1, -0.05) is 6.07 Å². The smallest absolute Gasteiger partial charge is 0.261 e. The van der Waals surface area contributed by atoms with Gasteiger partial charge in [0.25, 0.3) is 5.91 Å². The maximum absolute atomic E-state index is 12.8. The van der Waals surface area contributed by atoms with Crippen molar-refractivity contribution in [1.29, 1.82) is 0 Å². The normalized spacial score (nSPS) is 16.0.